The molecule has 0 spiro atoms. The summed E-state index contributed by atoms with van der Waals surface area (Å²) < 4.78 is 29.0. The summed E-state index contributed by atoms with van der Waals surface area (Å²) in [5.41, 5.74) is 3.34. The maximum atomic E-state index is 14.1. The molecule has 8 heteroatoms. The van der Waals surface area contributed by atoms with Crippen molar-refractivity contribution in [2.45, 2.75) is 70.9 Å². The SMILES string of the molecule is CCCNC(=O)C(CC)N(Cc1ccccc1C)C(=O)CN(c1ccc(C(C)C)cc1)S(=O)(=O)c1ccccc1. The van der Waals surface area contributed by atoms with Gasteiger partial charge in [0.15, 0.2) is 0 Å². The Morgan fingerprint density at radius 2 is 1.50 bits per heavy atom. The highest BCUT2D eigenvalue weighted by Gasteiger charge is 2.33. The van der Waals surface area contributed by atoms with E-state index in [1.54, 1.807) is 30.3 Å². The molecule has 7 nitrogen and oxygen atoms in total. The summed E-state index contributed by atoms with van der Waals surface area (Å²) in [7, 11) is -4.08. The number of carbonyl (C=O) groups excluding carboxylic acids is 2. The zero-order valence-corrected chi connectivity index (χ0v) is 24.9. The Labute approximate surface area is 239 Å². The molecular weight excluding hydrogens is 522 g/mol. The predicted molar refractivity (Wildman–Crippen MR) is 161 cm³/mol. The summed E-state index contributed by atoms with van der Waals surface area (Å²) in [6, 6.07) is 22.3. The maximum absolute atomic E-state index is 14.1. The Balaban J connectivity index is 2.06. The third kappa shape index (κ3) is 7.50. The van der Waals surface area contributed by atoms with Crippen LogP contribution in [0.5, 0.6) is 0 Å². The van der Waals surface area contributed by atoms with Crippen LogP contribution in [-0.4, -0.2) is 44.3 Å². The fraction of sp³-hybridized carbons (Fsp3) is 0.375. The lowest BCUT2D eigenvalue weighted by Gasteiger charge is -2.33. The number of carbonyl (C=O) groups is 2. The average molecular weight is 564 g/mol. The van der Waals surface area contributed by atoms with Gasteiger partial charge in [-0.25, -0.2) is 8.42 Å². The van der Waals surface area contributed by atoms with Crippen LogP contribution in [0, 0.1) is 6.92 Å². The van der Waals surface area contributed by atoms with Crippen LogP contribution in [0.2, 0.25) is 0 Å². The molecule has 3 aromatic rings. The van der Waals surface area contributed by atoms with E-state index in [0.29, 0.717) is 18.7 Å². The second-order valence-corrected chi connectivity index (χ2v) is 12.1. The van der Waals surface area contributed by atoms with Crippen molar-refractivity contribution in [3.05, 3.63) is 95.6 Å². The first-order valence-electron chi connectivity index (χ1n) is 13.9. The number of rotatable bonds is 13. The smallest absolute Gasteiger partial charge is 0.264 e. The van der Waals surface area contributed by atoms with E-state index < -0.39 is 28.5 Å². The van der Waals surface area contributed by atoms with Gasteiger partial charge in [0.1, 0.15) is 12.6 Å². The summed E-state index contributed by atoms with van der Waals surface area (Å²) in [4.78, 5) is 28.9. The molecule has 1 atom stereocenters. The molecule has 0 aliphatic heterocycles. The van der Waals surface area contributed by atoms with Gasteiger partial charge in [-0.15, -0.1) is 0 Å². The van der Waals surface area contributed by atoms with E-state index in [9.17, 15) is 18.0 Å². The normalized spacial score (nSPS) is 12.2. The van der Waals surface area contributed by atoms with Crippen LogP contribution in [0.4, 0.5) is 5.69 Å². The number of nitrogens with one attached hydrogen (secondary N) is 1. The van der Waals surface area contributed by atoms with Gasteiger partial charge < -0.3 is 10.2 Å². The third-order valence-corrected chi connectivity index (χ3v) is 8.78. The van der Waals surface area contributed by atoms with Gasteiger partial charge in [0, 0.05) is 13.1 Å². The zero-order valence-electron chi connectivity index (χ0n) is 24.1. The number of anilines is 1. The van der Waals surface area contributed by atoms with Crippen LogP contribution in [-0.2, 0) is 26.2 Å². The number of benzene rings is 3. The van der Waals surface area contributed by atoms with Crippen molar-refractivity contribution in [3.8, 4) is 0 Å². The van der Waals surface area contributed by atoms with E-state index in [1.165, 1.54) is 17.0 Å². The minimum Gasteiger partial charge on any atom is -0.354 e. The summed E-state index contributed by atoms with van der Waals surface area (Å²) in [6.45, 7) is 10.2. The number of aryl methyl sites for hydroxylation is 1. The Bertz CT molecular complexity index is 1370. The van der Waals surface area contributed by atoms with Crippen molar-refractivity contribution in [2.24, 2.45) is 0 Å². The fourth-order valence-electron chi connectivity index (χ4n) is 4.53. The van der Waals surface area contributed by atoms with E-state index >= 15 is 0 Å². The second kappa shape index (κ2) is 14.1. The lowest BCUT2D eigenvalue weighted by Crippen LogP contribution is -2.52. The molecule has 1 N–H and O–H groups in total. The summed E-state index contributed by atoms with van der Waals surface area (Å²) >= 11 is 0. The summed E-state index contributed by atoms with van der Waals surface area (Å²) in [5.74, 6) is -0.425. The monoisotopic (exact) mass is 563 g/mol. The number of nitrogens with zero attached hydrogens (tertiary/aromatic N) is 2. The number of hydrogen-bond acceptors (Lipinski definition) is 4. The van der Waals surface area contributed by atoms with Crippen LogP contribution >= 0.6 is 0 Å². The highest BCUT2D eigenvalue weighted by Crippen LogP contribution is 2.27. The van der Waals surface area contributed by atoms with Crippen molar-refractivity contribution in [1.29, 1.82) is 0 Å². The average Bonchev–Trinajstić information content (AvgIpc) is 2.96. The van der Waals surface area contributed by atoms with Crippen molar-refractivity contribution in [1.82, 2.24) is 10.2 Å². The van der Waals surface area contributed by atoms with E-state index in [1.807, 2.05) is 57.2 Å². The lowest BCUT2D eigenvalue weighted by molar-refractivity contribution is -0.140. The minimum atomic E-state index is -4.08. The Hall–Kier alpha value is -3.65. The molecule has 0 radical (unpaired) electrons. The summed E-state index contributed by atoms with van der Waals surface area (Å²) in [6.07, 6.45) is 1.16. The van der Waals surface area contributed by atoms with E-state index in [0.717, 1.165) is 27.4 Å². The number of hydrogen-bond donors (Lipinski definition) is 1. The molecule has 2 amide bonds. The standard InChI is InChI=1S/C32H41N3O4S/c1-6-21-33-32(37)30(7-2)34(22-27-14-12-11-13-25(27)5)31(36)23-35(28-19-17-26(18-20-28)24(3)4)40(38,39)29-15-9-8-10-16-29/h8-20,24,30H,6-7,21-23H2,1-5H3,(H,33,37). The first-order valence-corrected chi connectivity index (χ1v) is 15.3. The van der Waals surface area contributed by atoms with Gasteiger partial charge in [-0.05, 0) is 66.6 Å². The van der Waals surface area contributed by atoms with Crippen LogP contribution in [0.15, 0.2) is 83.8 Å². The summed E-state index contributed by atoms with van der Waals surface area (Å²) in [5, 5.41) is 2.91. The molecule has 214 valence electrons. The van der Waals surface area contributed by atoms with Crippen molar-refractivity contribution in [2.75, 3.05) is 17.4 Å². The van der Waals surface area contributed by atoms with Crippen molar-refractivity contribution >= 4 is 27.5 Å². The van der Waals surface area contributed by atoms with E-state index in [-0.39, 0.29) is 23.3 Å². The molecule has 0 heterocycles. The van der Waals surface area contributed by atoms with Gasteiger partial charge in [-0.2, -0.15) is 0 Å². The molecular formula is C32H41N3O4S. The molecule has 0 fully saturated rings. The third-order valence-electron chi connectivity index (χ3n) is 6.99. The van der Waals surface area contributed by atoms with Crippen molar-refractivity contribution in [3.63, 3.8) is 0 Å². The number of amides is 2. The van der Waals surface area contributed by atoms with Gasteiger partial charge in [0.25, 0.3) is 10.0 Å². The maximum Gasteiger partial charge on any atom is 0.264 e. The van der Waals surface area contributed by atoms with Gasteiger partial charge >= 0.3 is 0 Å². The Kier molecular flexibility index (Phi) is 10.9. The first kappa shape index (κ1) is 30.9. The second-order valence-electron chi connectivity index (χ2n) is 10.2. The van der Waals surface area contributed by atoms with E-state index in [2.05, 4.69) is 19.2 Å². The highest BCUT2D eigenvalue weighted by molar-refractivity contribution is 7.92. The molecule has 0 aliphatic rings. The minimum absolute atomic E-state index is 0.0916. The first-order chi connectivity index (χ1) is 19.1. The Morgan fingerprint density at radius 3 is 2.08 bits per heavy atom. The largest absolute Gasteiger partial charge is 0.354 e. The quantitative estimate of drug-likeness (QED) is 0.291. The van der Waals surface area contributed by atoms with E-state index in [4.69, 9.17) is 0 Å². The lowest BCUT2D eigenvalue weighted by atomic mass is 10.0. The molecule has 0 saturated carbocycles. The van der Waals surface area contributed by atoms with Gasteiger partial charge in [0.05, 0.1) is 10.6 Å². The highest BCUT2D eigenvalue weighted by atomic mass is 32.2. The topological polar surface area (TPSA) is 86.8 Å². The molecule has 0 aliphatic carbocycles. The van der Waals surface area contributed by atoms with Gasteiger partial charge in [-0.1, -0.05) is 82.3 Å². The van der Waals surface area contributed by atoms with Crippen LogP contribution < -0.4 is 9.62 Å². The fourth-order valence-corrected chi connectivity index (χ4v) is 5.97. The molecule has 3 aromatic carbocycles. The van der Waals surface area contributed by atoms with Crippen LogP contribution in [0.1, 0.15) is 63.1 Å². The van der Waals surface area contributed by atoms with Gasteiger partial charge in [-0.3, -0.25) is 13.9 Å². The molecule has 0 bridgehead atoms. The molecule has 3 rings (SSSR count). The molecule has 1 unspecified atom stereocenters. The van der Waals surface area contributed by atoms with Gasteiger partial charge in [0.2, 0.25) is 11.8 Å². The van der Waals surface area contributed by atoms with Crippen LogP contribution in [0.3, 0.4) is 0 Å². The molecule has 0 aromatic heterocycles. The predicted octanol–water partition coefficient (Wildman–Crippen LogP) is 5.65. The van der Waals surface area contributed by atoms with Crippen molar-refractivity contribution < 1.29 is 18.0 Å². The van der Waals surface area contributed by atoms with Crippen LogP contribution in [0.25, 0.3) is 0 Å². The zero-order chi connectivity index (χ0) is 29.3. The Morgan fingerprint density at radius 1 is 0.875 bits per heavy atom. The molecule has 40 heavy (non-hydrogen) atoms. The number of sulfonamides is 1. The molecule has 0 saturated heterocycles.